The molecule has 3 nitrogen and oxygen atoms in total. The first-order chi connectivity index (χ1) is 10.2. The highest BCUT2D eigenvalue weighted by molar-refractivity contribution is 7.18. The zero-order valence-electron chi connectivity index (χ0n) is 12.0. The topological polar surface area (TPSA) is 37.8 Å². The van der Waals surface area contributed by atoms with Crippen LogP contribution in [-0.4, -0.2) is 9.97 Å². The van der Waals surface area contributed by atoms with Crippen molar-refractivity contribution >= 4 is 44.7 Å². The maximum absolute atomic E-state index is 6.01. The monoisotopic (exact) mass is 317 g/mol. The van der Waals surface area contributed by atoms with Gasteiger partial charge in [-0.05, 0) is 48.7 Å². The molecule has 2 heterocycles. The number of aromatic nitrogens is 2. The number of benzene rings is 1. The summed E-state index contributed by atoms with van der Waals surface area (Å²) in [4.78, 5) is 10.7. The highest BCUT2D eigenvalue weighted by Crippen LogP contribution is 2.31. The van der Waals surface area contributed by atoms with Crippen molar-refractivity contribution in [2.24, 2.45) is 0 Å². The summed E-state index contributed by atoms with van der Waals surface area (Å²) in [5.41, 5.74) is 2.36. The van der Waals surface area contributed by atoms with E-state index in [0.29, 0.717) is 0 Å². The van der Waals surface area contributed by atoms with Crippen LogP contribution in [0.4, 0.5) is 11.5 Å². The third-order valence-electron chi connectivity index (χ3n) is 3.24. The van der Waals surface area contributed by atoms with E-state index >= 15 is 0 Å². The second-order valence-electron chi connectivity index (χ2n) is 4.99. The summed E-state index contributed by atoms with van der Waals surface area (Å²) in [6.07, 6.45) is 2.26. The van der Waals surface area contributed by atoms with Crippen molar-refractivity contribution in [1.82, 2.24) is 9.97 Å². The van der Waals surface area contributed by atoms with Gasteiger partial charge in [0.25, 0.3) is 0 Å². The van der Waals surface area contributed by atoms with Gasteiger partial charge in [0.1, 0.15) is 10.6 Å². The molecule has 108 valence electrons. The number of nitrogens with zero attached hydrogens (tertiary/aromatic N) is 2. The Hall–Kier alpha value is -1.65. The van der Waals surface area contributed by atoms with Crippen LogP contribution in [0.3, 0.4) is 0 Å². The van der Waals surface area contributed by atoms with Gasteiger partial charge in [0, 0.05) is 10.6 Å². The van der Waals surface area contributed by atoms with E-state index in [0.717, 1.165) is 34.6 Å². The Kier molecular flexibility index (Phi) is 4.08. The Morgan fingerprint density at radius 3 is 2.67 bits per heavy atom. The summed E-state index contributed by atoms with van der Waals surface area (Å²) < 4.78 is 0. The Morgan fingerprint density at radius 1 is 1.19 bits per heavy atom. The number of nitrogens with one attached hydrogen (secondary N) is 1. The van der Waals surface area contributed by atoms with Gasteiger partial charge in [0.05, 0.1) is 5.39 Å². The van der Waals surface area contributed by atoms with Gasteiger partial charge < -0.3 is 5.32 Å². The van der Waals surface area contributed by atoms with Crippen LogP contribution in [0.15, 0.2) is 30.3 Å². The number of aryl methyl sites for hydroxylation is 2. The SMILES string of the molecule is CCCc1ccc(Nc2nc(Cl)nc3sc(C)cc23)cc1. The third-order valence-corrected chi connectivity index (χ3v) is 4.36. The van der Waals surface area contributed by atoms with Gasteiger partial charge in [-0.2, -0.15) is 4.98 Å². The summed E-state index contributed by atoms with van der Waals surface area (Å²) in [7, 11) is 0. The summed E-state index contributed by atoms with van der Waals surface area (Å²) >= 11 is 7.63. The molecular formula is C16H16ClN3S. The molecule has 0 radical (unpaired) electrons. The van der Waals surface area contributed by atoms with E-state index in [1.807, 2.05) is 0 Å². The summed E-state index contributed by atoms with van der Waals surface area (Å²) in [5.74, 6) is 0.762. The number of rotatable bonds is 4. The Bertz CT molecular complexity index is 765. The maximum Gasteiger partial charge on any atom is 0.225 e. The average molecular weight is 318 g/mol. The van der Waals surface area contributed by atoms with Crippen LogP contribution >= 0.6 is 22.9 Å². The molecule has 0 aliphatic heterocycles. The van der Waals surface area contributed by atoms with Gasteiger partial charge in [-0.15, -0.1) is 11.3 Å². The molecule has 0 spiro atoms. The highest BCUT2D eigenvalue weighted by Gasteiger charge is 2.10. The van der Waals surface area contributed by atoms with Crippen LogP contribution in [0.5, 0.6) is 0 Å². The average Bonchev–Trinajstić information content (AvgIpc) is 2.81. The normalized spacial score (nSPS) is 11.0. The minimum Gasteiger partial charge on any atom is -0.340 e. The fraction of sp³-hybridized carbons (Fsp3) is 0.250. The molecule has 3 rings (SSSR count). The molecule has 0 saturated heterocycles. The molecule has 0 aliphatic carbocycles. The molecule has 0 atom stereocenters. The molecule has 0 saturated carbocycles. The van der Waals surface area contributed by atoms with E-state index in [4.69, 9.17) is 11.6 Å². The van der Waals surface area contributed by atoms with Gasteiger partial charge in [-0.25, -0.2) is 4.98 Å². The molecule has 3 aromatic rings. The number of hydrogen-bond donors (Lipinski definition) is 1. The van der Waals surface area contributed by atoms with Crippen molar-refractivity contribution < 1.29 is 0 Å². The van der Waals surface area contributed by atoms with E-state index in [-0.39, 0.29) is 5.28 Å². The lowest BCUT2D eigenvalue weighted by atomic mass is 10.1. The van der Waals surface area contributed by atoms with Crippen LogP contribution in [0.1, 0.15) is 23.8 Å². The first-order valence-electron chi connectivity index (χ1n) is 6.95. The standard InChI is InChI=1S/C16H16ClN3S/c1-3-4-11-5-7-12(8-6-11)18-14-13-9-10(2)21-15(13)20-16(17)19-14/h5-9H,3-4H2,1-2H3,(H,18,19,20). The van der Waals surface area contributed by atoms with Gasteiger partial charge in [-0.3, -0.25) is 0 Å². The fourth-order valence-corrected chi connectivity index (χ4v) is 3.39. The van der Waals surface area contributed by atoms with E-state index in [1.54, 1.807) is 11.3 Å². The highest BCUT2D eigenvalue weighted by atomic mass is 35.5. The zero-order chi connectivity index (χ0) is 14.8. The van der Waals surface area contributed by atoms with Crippen molar-refractivity contribution in [3.63, 3.8) is 0 Å². The number of halogens is 1. The van der Waals surface area contributed by atoms with Gasteiger partial charge in [-0.1, -0.05) is 25.5 Å². The van der Waals surface area contributed by atoms with Crippen molar-refractivity contribution in [2.75, 3.05) is 5.32 Å². The fourth-order valence-electron chi connectivity index (χ4n) is 2.29. The van der Waals surface area contributed by atoms with Crippen molar-refractivity contribution in [3.05, 3.63) is 46.1 Å². The lowest BCUT2D eigenvalue weighted by Crippen LogP contribution is -1.96. The van der Waals surface area contributed by atoms with E-state index in [1.165, 1.54) is 10.4 Å². The van der Waals surface area contributed by atoms with Crippen LogP contribution < -0.4 is 5.32 Å². The molecule has 1 aromatic carbocycles. The van der Waals surface area contributed by atoms with Crippen LogP contribution in [0.25, 0.3) is 10.2 Å². The molecule has 2 aromatic heterocycles. The second kappa shape index (κ2) is 6.00. The van der Waals surface area contributed by atoms with E-state index in [2.05, 4.69) is 59.5 Å². The minimum absolute atomic E-state index is 0.273. The Morgan fingerprint density at radius 2 is 1.95 bits per heavy atom. The Balaban J connectivity index is 1.93. The van der Waals surface area contributed by atoms with E-state index in [9.17, 15) is 0 Å². The quantitative estimate of drug-likeness (QED) is 0.659. The van der Waals surface area contributed by atoms with Gasteiger partial charge in [0.15, 0.2) is 0 Å². The summed E-state index contributed by atoms with van der Waals surface area (Å²) in [6.45, 7) is 4.24. The van der Waals surface area contributed by atoms with Crippen LogP contribution in [0.2, 0.25) is 5.28 Å². The largest absolute Gasteiger partial charge is 0.340 e. The lowest BCUT2D eigenvalue weighted by molar-refractivity contribution is 0.922. The minimum atomic E-state index is 0.273. The molecule has 0 fully saturated rings. The maximum atomic E-state index is 6.01. The van der Waals surface area contributed by atoms with Gasteiger partial charge >= 0.3 is 0 Å². The smallest absolute Gasteiger partial charge is 0.225 e. The molecular weight excluding hydrogens is 302 g/mol. The third kappa shape index (κ3) is 3.17. The molecule has 0 unspecified atom stereocenters. The molecule has 0 aliphatic rings. The van der Waals surface area contributed by atoms with Crippen molar-refractivity contribution in [3.8, 4) is 0 Å². The lowest BCUT2D eigenvalue weighted by Gasteiger charge is -2.08. The van der Waals surface area contributed by atoms with Crippen molar-refractivity contribution in [1.29, 1.82) is 0 Å². The predicted octanol–water partition coefficient (Wildman–Crippen LogP) is 5.35. The predicted molar refractivity (Wildman–Crippen MR) is 90.9 cm³/mol. The van der Waals surface area contributed by atoms with Crippen molar-refractivity contribution in [2.45, 2.75) is 26.7 Å². The zero-order valence-corrected chi connectivity index (χ0v) is 13.6. The first kappa shape index (κ1) is 14.3. The van der Waals surface area contributed by atoms with Crippen LogP contribution in [-0.2, 0) is 6.42 Å². The molecule has 0 amide bonds. The molecule has 21 heavy (non-hydrogen) atoms. The number of thiophene rings is 1. The summed E-state index contributed by atoms with van der Waals surface area (Å²) in [5, 5.41) is 4.63. The second-order valence-corrected chi connectivity index (χ2v) is 6.56. The van der Waals surface area contributed by atoms with E-state index < -0.39 is 0 Å². The molecule has 1 N–H and O–H groups in total. The number of hydrogen-bond acceptors (Lipinski definition) is 4. The van der Waals surface area contributed by atoms with Crippen LogP contribution in [0, 0.1) is 6.92 Å². The number of anilines is 2. The van der Waals surface area contributed by atoms with Gasteiger partial charge in [0.2, 0.25) is 5.28 Å². The Labute approximate surface area is 133 Å². The number of fused-ring (bicyclic) bond motifs is 1. The molecule has 5 heteroatoms. The molecule has 0 bridgehead atoms. The summed E-state index contributed by atoms with van der Waals surface area (Å²) in [6, 6.07) is 10.5. The first-order valence-corrected chi connectivity index (χ1v) is 8.15.